The smallest absolute Gasteiger partial charge is 0.129 e. The molecule has 0 radical (unpaired) electrons. The van der Waals surface area contributed by atoms with Gasteiger partial charge in [-0.1, -0.05) is 27.7 Å². The monoisotopic (exact) mass is 261 g/mol. The van der Waals surface area contributed by atoms with Gasteiger partial charge < -0.3 is 10.6 Å². The van der Waals surface area contributed by atoms with Crippen LogP contribution in [-0.4, -0.2) is 18.1 Å². The van der Waals surface area contributed by atoms with Gasteiger partial charge in [-0.2, -0.15) is 0 Å². The summed E-state index contributed by atoms with van der Waals surface area (Å²) in [4.78, 5) is 7.26. The highest BCUT2D eigenvalue weighted by atomic mass is 15.2. The third-order valence-electron chi connectivity index (χ3n) is 4.38. The summed E-state index contributed by atoms with van der Waals surface area (Å²) in [5.41, 5.74) is 8.17. The Labute approximate surface area is 117 Å². The molecule has 0 bridgehead atoms. The highest BCUT2D eigenvalue weighted by molar-refractivity contribution is 5.44. The third-order valence-corrected chi connectivity index (χ3v) is 4.38. The van der Waals surface area contributed by atoms with Crippen molar-refractivity contribution in [2.45, 2.75) is 46.6 Å². The molecule has 2 unspecified atom stereocenters. The lowest BCUT2D eigenvalue weighted by Gasteiger charge is -2.36. The van der Waals surface area contributed by atoms with Crippen LogP contribution in [0.4, 0.5) is 5.82 Å². The van der Waals surface area contributed by atoms with Crippen LogP contribution in [-0.2, 0) is 6.54 Å². The molecule has 1 aromatic heterocycles. The average Bonchev–Trinajstić information content (AvgIpc) is 2.41. The topological polar surface area (TPSA) is 42.1 Å². The first kappa shape index (κ1) is 14.3. The molecule has 106 valence electrons. The standard InChI is InChI=1S/C16H27N3/c1-11(2)15-7-14(9-17)8-16(18-15)19-6-5-12(3)13(4)10-19/h7-8,11-13H,5-6,9-10,17H2,1-4H3. The van der Waals surface area contributed by atoms with Gasteiger partial charge in [0.1, 0.15) is 5.82 Å². The normalized spacial score (nSPS) is 24.0. The van der Waals surface area contributed by atoms with Crippen molar-refractivity contribution in [1.82, 2.24) is 4.98 Å². The van der Waals surface area contributed by atoms with Crippen LogP contribution in [0, 0.1) is 11.8 Å². The van der Waals surface area contributed by atoms with E-state index in [1.165, 1.54) is 12.0 Å². The summed E-state index contributed by atoms with van der Waals surface area (Å²) in [5.74, 6) is 3.12. The van der Waals surface area contributed by atoms with E-state index in [9.17, 15) is 0 Å². The number of rotatable bonds is 3. The van der Waals surface area contributed by atoms with E-state index >= 15 is 0 Å². The zero-order chi connectivity index (χ0) is 14.0. The second-order valence-electron chi connectivity index (χ2n) is 6.31. The summed E-state index contributed by atoms with van der Waals surface area (Å²) >= 11 is 0. The molecular weight excluding hydrogens is 234 g/mol. The molecule has 0 saturated carbocycles. The van der Waals surface area contributed by atoms with Gasteiger partial charge in [0.25, 0.3) is 0 Å². The fourth-order valence-electron chi connectivity index (χ4n) is 2.64. The van der Waals surface area contributed by atoms with Crippen molar-refractivity contribution in [3.05, 3.63) is 23.4 Å². The van der Waals surface area contributed by atoms with Gasteiger partial charge in [-0.05, 0) is 41.9 Å². The Morgan fingerprint density at radius 3 is 2.63 bits per heavy atom. The molecular formula is C16H27N3. The van der Waals surface area contributed by atoms with Gasteiger partial charge in [0.15, 0.2) is 0 Å². The zero-order valence-corrected chi connectivity index (χ0v) is 12.7. The fourth-order valence-corrected chi connectivity index (χ4v) is 2.64. The van der Waals surface area contributed by atoms with Crippen LogP contribution in [0.1, 0.15) is 51.3 Å². The quantitative estimate of drug-likeness (QED) is 0.909. The molecule has 1 aromatic rings. The lowest BCUT2D eigenvalue weighted by Crippen LogP contribution is -2.39. The van der Waals surface area contributed by atoms with Crippen molar-refractivity contribution in [3.63, 3.8) is 0 Å². The van der Waals surface area contributed by atoms with Crippen molar-refractivity contribution in [2.24, 2.45) is 17.6 Å². The van der Waals surface area contributed by atoms with Gasteiger partial charge in [-0.3, -0.25) is 0 Å². The second kappa shape index (κ2) is 5.91. The average molecular weight is 261 g/mol. The maximum Gasteiger partial charge on any atom is 0.129 e. The van der Waals surface area contributed by atoms with Gasteiger partial charge in [0.05, 0.1) is 0 Å². The minimum Gasteiger partial charge on any atom is -0.356 e. The van der Waals surface area contributed by atoms with E-state index in [-0.39, 0.29) is 0 Å². The van der Waals surface area contributed by atoms with Crippen molar-refractivity contribution in [3.8, 4) is 0 Å². The molecule has 3 heteroatoms. The molecule has 3 nitrogen and oxygen atoms in total. The van der Waals surface area contributed by atoms with Crippen LogP contribution in [0.3, 0.4) is 0 Å². The van der Waals surface area contributed by atoms with E-state index in [4.69, 9.17) is 10.7 Å². The minimum atomic E-state index is 0.450. The van der Waals surface area contributed by atoms with Crippen LogP contribution in [0.25, 0.3) is 0 Å². The number of anilines is 1. The Morgan fingerprint density at radius 2 is 2.05 bits per heavy atom. The summed E-state index contributed by atoms with van der Waals surface area (Å²) in [6.07, 6.45) is 1.26. The number of hydrogen-bond acceptors (Lipinski definition) is 3. The number of nitrogens with two attached hydrogens (primary N) is 1. The Balaban J connectivity index is 2.26. The molecule has 0 spiro atoms. The number of hydrogen-bond donors (Lipinski definition) is 1. The van der Waals surface area contributed by atoms with Crippen molar-refractivity contribution in [1.29, 1.82) is 0 Å². The van der Waals surface area contributed by atoms with Crippen LogP contribution >= 0.6 is 0 Å². The third kappa shape index (κ3) is 3.27. The molecule has 2 atom stereocenters. The number of piperidine rings is 1. The number of aromatic nitrogens is 1. The number of pyridine rings is 1. The lowest BCUT2D eigenvalue weighted by atomic mass is 9.88. The summed E-state index contributed by atoms with van der Waals surface area (Å²) in [7, 11) is 0. The van der Waals surface area contributed by atoms with E-state index < -0.39 is 0 Å². The second-order valence-corrected chi connectivity index (χ2v) is 6.31. The molecule has 0 amide bonds. The van der Waals surface area contributed by atoms with Crippen molar-refractivity contribution >= 4 is 5.82 Å². The summed E-state index contributed by atoms with van der Waals surface area (Å²) < 4.78 is 0. The molecule has 0 aromatic carbocycles. The Bertz CT molecular complexity index is 428. The van der Waals surface area contributed by atoms with E-state index in [0.717, 1.165) is 36.4 Å². The van der Waals surface area contributed by atoms with E-state index in [1.54, 1.807) is 0 Å². The first-order valence-electron chi connectivity index (χ1n) is 7.47. The van der Waals surface area contributed by atoms with Crippen molar-refractivity contribution < 1.29 is 0 Å². The Hall–Kier alpha value is -1.09. The van der Waals surface area contributed by atoms with Gasteiger partial charge in [-0.25, -0.2) is 4.98 Å². The highest BCUT2D eigenvalue weighted by Gasteiger charge is 2.24. The summed E-state index contributed by atoms with van der Waals surface area (Å²) in [5, 5.41) is 0. The zero-order valence-electron chi connectivity index (χ0n) is 12.7. The molecule has 19 heavy (non-hydrogen) atoms. The first-order chi connectivity index (χ1) is 9.01. The predicted molar refractivity (Wildman–Crippen MR) is 81.4 cm³/mol. The maximum atomic E-state index is 5.82. The molecule has 1 fully saturated rings. The van der Waals surface area contributed by atoms with E-state index in [0.29, 0.717) is 12.5 Å². The highest BCUT2D eigenvalue weighted by Crippen LogP contribution is 2.27. The molecule has 1 saturated heterocycles. The molecule has 0 aliphatic carbocycles. The van der Waals surface area contributed by atoms with Gasteiger partial charge >= 0.3 is 0 Å². The fraction of sp³-hybridized carbons (Fsp3) is 0.688. The molecule has 1 aliphatic rings. The largest absolute Gasteiger partial charge is 0.356 e. The van der Waals surface area contributed by atoms with Crippen LogP contribution in [0.15, 0.2) is 12.1 Å². The first-order valence-corrected chi connectivity index (χ1v) is 7.47. The molecule has 2 rings (SSSR count). The van der Waals surface area contributed by atoms with Gasteiger partial charge in [0, 0.05) is 25.3 Å². The van der Waals surface area contributed by atoms with Crippen molar-refractivity contribution in [2.75, 3.05) is 18.0 Å². The molecule has 1 aliphatic heterocycles. The minimum absolute atomic E-state index is 0.450. The molecule has 2 N–H and O–H groups in total. The van der Waals surface area contributed by atoms with E-state index in [1.807, 2.05) is 0 Å². The SMILES string of the molecule is CC(C)c1cc(CN)cc(N2CCC(C)C(C)C2)n1. The number of nitrogens with zero attached hydrogens (tertiary/aromatic N) is 2. The van der Waals surface area contributed by atoms with Crippen LogP contribution in [0.2, 0.25) is 0 Å². The lowest BCUT2D eigenvalue weighted by molar-refractivity contribution is 0.322. The molecule has 2 heterocycles. The Morgan fingerprint density at radius 1 is 1.32 bits per heavy atom. The van der Waals surface area contributed by atoms with Gasteiger partial charge in [0.2, 0.25) is 0 Å². The van der Waals surface area contributed by atoms with Crippen LogP contribution in [0.5, 0.6) is 0 Å². The van der Waals surface area contributed by atoms with Crippen LogP contribution < -0.4 is 10.6 Å². The summed E-state index contributed by atoms with van der Waals surface area (Å²) in [6.45, 7) is 11.9. The maximum absolute atomic E-state index is 5.82. The summed E-state index contributed by atoms with van der Waals surface area (Å²) in [6, 6.07) is 4.30. The van der Waals surface area contributed by atoms with E-state index in [2.05, 4.69) is 44.7 Å². The predicted octanol–water partition coefficient (Wildman–Crippen LogP) is 3.15. The van der Waals surface area contributed by atoms with Gasteiger partial charge in [-0.15, -0.1) is 0 Å². The Kier molecular flexibility index (Phi) is 4.46.